The Morgan fingerprint density at radius 1 is 0.577 bits per heavy atom. The number of hydrogen-bond acceptors (Lipinski definition) is 2. The van der Waals surface area contributed by atoms with E-state index < -0.39 is 0 Å². The van der Waals surface area contributed by atoms with Crippen molar-refractivity contribution in [1.82, 2.24) is 9.97 Å². The van der Waals surface area contributed by atoms with E-state index in [1.165, 1.54) is 11.1 Å². The molecule has 4 aromatic rings. The predicted molar refractivity (Wildman–Crippen MR) is 109 cm³/mol. The lowest BCUT2D eigenvalue weighted by Gasteiger charge is -2.19. The molecule has 1 aromatic heterocycles. The largest absolute Gasteiger partial charge is 0.232 e. The number of nitrogens with zero attached hydrogens (tertiary/aromatic N) is 2. The van der Waals surface area contributed by atoms with Crippen molar-refractivity contribution < 1.29 is 0 Å². The maximum Gasteiger partial charge on any atom is 0.135 e. The van der Waals surface area contributed by atoms with Gasteiger partial charge in [0, 0.05) is 16.4 Å². The minimum atomic E-state index is -0.0945. The van der Waals surface area contributed by atoms with Gasteiger partial charge >= 0.3 is 0 Å². The first-order chi connectivity index (χ1) is 12.5. The number of aromatic nitrogens is 2. The SMILES string of the molecule is CC(C)(C)c1nc(-c2ccc(-c3ccccc3)cc2)c2ccccc2n1. The summed E-state index contributed by atoms with van der Waals surface area (Å²) in [6, 6.07) is 27.3. The van der Waals surface area contributed by atoms with Crippen LogP contribution in [0.1, 0.15) is 26.6 Å². The van der Waals surface area contributed by atoms with Crippen molar-refractivity contribution in [3.63, 3.8) is 0 Å². The van der Waals surface area contributed by atoms with Crippen LogP contribution in [0.3, 0.4) is 0 Å². The van der Waals surface area contributed by atoms with Gasteiger partial charge in [0.25, 0.3) is 0 Å². The topological polar surface area (TPSA) is 25.8 Å². The van der Waals surface area contributed by atoms with Crippen molar-refractivity contribution in [2.75, 3.05) is 0 Å². The van der Waals surface area contributed by atoms with E-state index in [1.807, 2.05) is 18.2 Å². The number of fused-ring (bicyclic) bond motifs is 1. The Morgan fingerprint density at radius 3 is 1.85 bits per heavy atom. The number of hydrogen-bond donors (Lipinski definition) is 0. The van der Waals surface area contributed by atoms with E-state index >= 15 is 0 Å². The van der Waals surface area contributed by atoms with Crippen molar-refractivity contribution in [2.45, 2.75) is 26.2 Å². The third-order valence-corrected chi connectivity index (χ3v) is 4.54. The predicted octanol–water partition coefficient (Wildman–Crippen LogP) is 6.26. The second kappa shape index (κ2) is 6.38. The second-order valence-corrected chi connectivity index (χ2v) is 7.61. The van der Waals surface area contributed by atoms with E-state index in [4.69, 9.17) is 9.97 Å². The first kappa shape index (κ1) is 16.5. The van der Waals surface area contributed by atoms with Gasteiger partial charge < -0.3 is 0 Å². The average Bonchev–Trinajstić information content (AvgIpc) is 2.67. The van der Waals surface area contributed by atoms with Crippen LogP contribution < -0.4 is 0 Å². The summed E-state index contributed by atoms with van der Waals surface area (Å²) >= 11 is 0. The molecular weight excluding hydrogens is 316 g/mol. The van der Waals surface area contributed by atoms with Gasteiger partial charge in [-0.15, -0.1) is 0 Å². The van der Waals surface area contributed by atoms with Crippen LogP contribution in [0.2, 0.25) is 0 Å². The van der Waals surface area contributed by atoms with E-state index in [1.54, 1.807) is 0 Å². The number of benzene rings is 3. The van der Waals surface area contributed by atoms with E-state index in [9.17, 15) is 0 Å². The summed E-state index contributed by atoms with van der Waals surface area (Å²) in [5, 5.41) is 1.09. The molecule has 26 heavy (non-hydrogen) atoms. The molecule has 3 aromatic carbocycles. The summed E-state index contributed by atoms with van der Waals surface area (Å²) in [6.45, 7) is 6.46. The summed E-state index contributed by atoms with van der Waals surface area (Å²) in [7, 11) is 0. The first-order valence-electron chi connectivity index (χ1n) is 8.95. The van der Waals surface area contributed by atoms with E-state index in [-0.39, 0.29) is 5.41 Å². The van der Waals surface area contributed by atoms with Gasteiger partial charge in [-0.1, -0.05) is 93.6 Å². The van der Waals surface area contributed by atoms with Crippen molar-refractivity contribution >= 4 is 10.9 Å². The van der Waals surface area contributed by atoms with Crippen LogP contribution in [-0.4, -0.2) is 9.97 Å². The molecule has 2 heteroatoms. The molecule has 0 saturated carbocycles. The van der Waals surface area contributed by atoms with E-state index in [0.29, 0.717) is 0 Å². The molecule has 0 atom stereocenters. The van der Waals surface area contributed by atoms with Gasteiger partial charge in [-0.3, -0.25) is 0 Å². The lowest BCUT2D eigenvalue weighted by molar-refractivity contribution is 0.549. The first-order valence-corrected chi connectivity index (χ1v) is 8.95. The Hall–Kier alpha value is -3.00. The minimum absolute atomic E-state index is 0.0945. The van der Waals surface area contributed by atoms with Gasteiger partial charge in [0.15, 0.2) is 0 Å². The fraction of sp³-hybridized carbons (Fsp3) is 0.167. The van der Waals surface area contributed by atoms with Crippen molar-refractivity contribution in [2.24, 2.45) is 0 Å². The normalized spacial score (nSPS) is 11.7. The summed E-state index contributed by atoms with van der Waals surface area (Å²) in [5.41, 5.74) is 5.46. The minimum Gasteiger partial charge on any atom is -0.232 e. The standard InChI is InChI=1S/C24H22N2/c1-24(2,3)23-25-21-12-8-7-11-20(21)22(26-23)19-15-13-18(14-16-19)17-9-5-4-6-10-17/h4-16H,1-3H3. The Morgan fingerprint density at radius 2 is 1.15 bits per heavy atom. The highest BCUT2D eigenvalue weighted by atomic mass is 14.9. The Labute approximate surface area is 154 Å². The van der Waals surface area contributed by atoms with Crippen LogP contribution in [0.5, 0.6) is 0 Å². The molecular formula is C24H22N2. The Bertz CT molecular complexity index is 1040. The molecule has 4 rings (SSSR count). The zero-order valence-corrected chi connectivity index (χ0v) is 15.4. The van der Waals surface area contributed by atoms with Gasteiger partial charge in [-0.05, 0) is 17.2 Å². The monoisotopic (exact) mass is 338 g/mol. The molecule has 0 aliphatic rings. The molecule has 0 unspecified atom stereocenters. The lowest BCUT2D eigenvalue weighted by Crippen LogP contribution is -2.16. The Balaban J connectivity index is 1.86. The summed E-state index contributed by atoms with van der Waals surface area (Å²) < 4.78 is 0. The quantitative estimate of drug-likeness (QED) is 0.431. The highest BCUT2D eigenvalue weighted by Gasteiger charge is 2.20. The van der Waals surface area contributed by atoms with Crippen molar-refractivity contribution in [1.29, 1.82) is 0 Å². The molecule has 0 aliphatic carbocycles. The molecule has 128 valence electrons. The highest BCUT2D eigenvalue weighted by molar-refractivity contribution is 5.92. The smallest absolute Gasteiger partial charge is 0.135 e. The fourth-order valence-electron chi connectivity index (χ4n) is 3.08. The molecule has 1 heterocycles. The number of para-hydroxylation sites is 1. The molecule has 0 spiro atoms. The molecule has 0 aliphatic heterocycles. The van der Waals surface area contributed by atoms with Crippen LogP contribution in [-0.2, 0) is 5.41 Å². The molecule has 0 saturated heterocycles. The third-order valence-electron chi connectivity index (χ3n) is 4.54. The average molecular weight is 338 g/mol. The van der Waals surface area contributed by atoms with Gasteiger partial charge in [-0.2, -0.15) is 0 Å². The third kappa shape index (κ3) is 3.11. The molecule has 2 nitrogen and oxygen atoms in total. The molecule has 0 radical (unpaired) electrons. The lowest BCUT2D eigenvalue weighted by atomic mass is 9.94. The van der Waals surface area contributed by atoms with Crippen LogP contribution in [0.15, 0.2) is 78.9 Å². The summed E-state index contributed by atoms with van der Waals surface area (Å²) in [5.74, 6) is 0.873. The zero-order valence-electron chi connectivity index (χ0n) is 15.4. The fourth-order valence-corrected chi connectivity index (χ4v) is 3.08. The zero-order chi connectivity index (χ0) is 18.1. The van der Waals surface area contributed by atoms with Crippen molar-refractivity contribution in [3.05, 3.63) is 84.7 Å². The van der Waals surface area contributed by atoms with Crippen LogP contribution >= 0.6 is 0 Å². The molecule has 0 bridgehead atoms. The maximum absolute atomic E-state index is 4.93. The van der Waals surface area contributed by atoms with Crippen LogP contribution in [0, 0.1) is 0 Å². The highest BCUT2D eigenvalue weighted by Crippen LogP contribution is 2.31. The van der Waals surface area contributed by atoms with Gasteiger partial charge in [-0.25, -0.2) is 9.97 Å². The van der Waals surface area contributed by atoms with Gasteiger partial charge in [0.1, 0.15) is 5.82 Å². The maximum atomic E-state index is 4.93. The van der Waals surface area contributed by atoms with E-state index in [2.05, 4.69) is 81.4 Å². The van der Waals surface area contributed by atoms with Crippen molar-refractivity contribution in [3.8, 4) is 22.4 Å². The molecule has 0 amide bonds. The van der Waals surface area contributed by atoms with Gasteiger partial charge in [0.2, 0.25) is 0 Å². The van der Waals surface area contributed by atoms with E-state index in [0.717, 1.165) is 28.0 Å². The second-order valence-electron chi connectivity index (χ2n) is 7.61. The molecule has 0 N–H and O–H groups in total. The summed E-state index contributed by atoms with van der Waals surface area (Å²) in [4.78, 5) is 9.72. The van der Waals surface area contributed by atoms with Crippen LogP contribution in [0.4, 0.5) is 0 Å². The summed E-state index contributed by atoms with van der Waals surface area (Å²) in [6.07, 6.45) is 0. The van der Waals surface area contributed by atoms with Gasteiger partial charge in [0.05, 0.1) is 11.2 Å². The van der Waals surface area contributed by atoms with Crippen LogP contribution in [0.25, 0.3) is 33.3 Å². The number of rotatable bonds is 2. The molecule has 0 fully saturated rings. The Kier molecular flexibility index (Phi) is 4.04.